The first-order valence-corrected chi connectivity index (χ1v) is 9.86. The molecule has 1 heterocycles. The maximum absolute atomic E-state index is 13.1. The van der Waals surface area contributed by atoms with Gasteiger partial charge in [-0.15, -0.1) is 0 Å². The van der Waals surface area contributed by atoms with E-state index in [-0.39, 0.29) is 30.2 Å². The highest BCUT2D eigenvalue weighted by Gasteiger charge is 2.21. The minimum atomic E-state index is -0.254. The van der Waals surface area contributed by atoms with Gasteiger partial charge in [0.15, 0.2) is 0 Å². The minimum absolute atomic E-state index is 0.0113. The number of piperazine rings is 1. The Bertz CT molecular complexity index is 846. The number of benzene rings is 2. The van der Waals surface area contributed by atoms with Crippen LogP contribution in [0.4, 0.5) is 15.8 Å². The lowest BCUT2D eigenvalue weighted by molar-refractivity contribution is -0.129. The van der Waals surface area contributed by atoms with Gasteiger partial charge in [-0.05, 0) is 50.2 Å². The lowest BCUT2D eigenvalue weighted by Crippen LogP contribution is -2.50. The lowest BCUT2D eigenvalue weighted by atomic mass is 10.1. The monoisotopic (exact) mass is 398 g/mol. The molecular formula is C22H27FN4O2. The van der Waals surface area contributed by atoms with Crippen LogP contribution in [-0.4, -0.2) is 55.5 Å². The van der Waals surface area contributed by atoms with Crippen molar-refractivity contribution in [3.63, 3.8) is 0 Å². The van der Waals surface area contributed by atoms with E-state index in [2.05, 4.69) is 15.5 Å². The summed E-state index contributed by atoms with van der Waals surface area (Å²) in [4.78, 5) is 28.9. The Balaban J connectivity index is 1.53. The summed E-state index contributed by atoms with van der Waals surface area (Å²) < 4.78 is 13.1. The third-order valence-corrected chi connectivity index (χ3v) is 4.85. The Hall–Kier alpha value is -3.09. The van der Waals surface area contributed by atoms with E-state index in [4.69, 9.17) is 0 Å². The number of nitrogens with zero attached hydrogens (tertiary/aromatic N) is 2. The van der Waals surface area contributed by atoms with Crippen molar-refractivity contribution >= 4 is 23.2 Å². The number of para-hydroxylation sites is 1. The van der Waals surface area contributed by atoms with Crippen LogP contribution in [0.2, 0.25) is 0 Å². The van der Waals surface area contributed by atoms with Crippen LogP contribution in [-0.2, 0) is 4.79 Å². The Morgan fingerprint density at radius 1 is 1.00 bits per heavy atom. The van der Waals surface area contributed by atoms with Crippen molar-refractivity contribution in [1.29, 1.82) is 0 Å². The topological polar surface area (TPSA) is 64.7 Å². The minimum Gasteiger partial charge on any atom is -0.376 e. The molecule has 154 valence electrons. The van der Waals surface area contributed by atoms with Gasteiger partial charge in [-0.2, -0.15) is 0 Å². The number of nitrogens with one attached hydrogen (secondary N) is 2. The molecule has 2 N–H and O–H groups in total. The van der Waals surface area contributed by atoms with Crippen LogP contribution in [0.1, 0.15) is 24.2 Å². The summed E-state index contributed by atoms with van der Waals surface area (Å²) in [5, 5.41) is 5.98. The number of amides is 2. The highest BCUT2D eigenvalue weighted by Crippen LogP contribution is 2.18. The van der Waals surface area contributed by atoms with Crippen molar-refractivity contribution in [2.45, 2.75) is 19.9 Å². The number of carbonyl (C=O) groups excluding carboxylic acids is 2. The Morgan fingerprint density at radius 3 is 2.31 bits per heavy atom. The van der Waals surface area contributed by atoms with Gasteiger partial charge in [0, 0.05) is 43.6 Å². The van der Waals surface area contributed by atoms with Crippen LogP contribution in [0.25, 0.3) is 0 Å². The highest BCUT2D eigenvalue weighted by molar-refractivity contribution is 6.00. The molecule has 0 saturated carbocycles. The summed E-state index contributed by atoms with van der Waals surface area (Å²) in [6.07, 6.45) is 0. The summed E-state index contributed by atoms with van der Waals surface area (Å²) >= 11 is 0. The number of hydrogen-bond acceptors (Lipinski definition) is 4. The van der Waals surface area contributed by atoms with Gasteiger partial charge >= 0.3 is 0 Å². The predicted octanol–water partition coefficient (Wildman–Crippen LogP) is 2.72. The summed E-state index contributed by atoms with van der Waals surface area (Å²) in [6, 6.07) is 13.6. The molecule has 2 amide bonds. The van der Waals surface area contributed by atoms with Gasteiger partial charge in [-0.1, -0.05) is 12.1 Å². The second-order valence-corrected chi connectivity index (χ2v) is 7.37. The van der Waals surface area contributed by atoms with Gasteiger partial charge < -0.3 is 20.4 Å². The molecule has 1 aliphatic heterocycles. The Labute approximate surface area is 170 Å². The van der Waals surface area contributed by atoms with Crippen molar-refractivity contribution in [3.05, 3.63) is 59.9 Å². The van der Waals surface area contributed by atoms with Gasteiger partial charge in [-0.3, -0.25) is 9.59 Å². The summed E-state index contributed by atoms with van der Waals surface area (Å²) in [7, 11) is 0. The van der Waals surface area contributed by atoms with Crippen molar-refractivity contribution < 1.29 is 14.0 Å². The predicted molar refractivity (Wildman–Crippen MR) is 113 cm³/mol. The molecule has 1 aliphatic rings. The van der Waals surface area contributed by atoms with Crippen LogP contribution >= 0.6 is 0 Å². The molecule has 0 aromatic heterocycles. The average molecular weight is 398 g/mol. The molecule has 2 aromatic carbocycles. The van der Waals surface area contributed by atoms with E-state index in [9.17, 15) is 14.0 Å². The Kier molecular flexibility index (Phi) is 6.69. The molecule has 0 spiro atoms. The maximum Gasteiger partial charge on any atom is 0.253 e. The first kappa shape index (κ1) is 20.6. The van der Waals surface area contributed by atoms with Crippen LogP contribution in [0.15, 0.2) is 48.5 Å². The molecule has 2 aromatic rings. The van der Waals surface area contributed by atoms with E-state index in [1.807, 2.05) is 24.8 Å². The average Bonchev–Trinajstić information content (AvgIpc) is 2.72. The van der Waals surface area contributed by atoms with Crippen molar-refractivity contribution in [2.75, 3.05) is 42.9 Å². The molecular weight excluding hydrogens is 371 g/mol. The normalized spacial score (nSPS) is 14.1. The molecule has 1 fully saturated rings. The highest BCUT2D eigenvalue weighted by atomic mass is 19.1. The van der Waals surface area contributed by atoms with E-state index >= 15 is 0 Å². The van der Waals surface area contributed by atoms with E-state index in [0.29, 0.717) is 37.4 Å². The molecule has 0 atom stereocenters. The zero-order chi connectivity index (χ0) is 20.8. The number of rotatable bonds is 6. The largest absolute Gasteiger partial charge is 0.376 e. The molecule has 0 unspecified atom stereocenters. The standard InChI is InChI=1S/C22H27FN4O2/c1-16(2)25-22(29)19-5-3-4-6-20(19)24-15-21(28)27-13-11-26(12-14-27)18-9-7-17(23)8-10-18/h3-10,16,24H,11-15H2,1-2H3,(H,25,29). The van der Waals surface area contributed by atoms with Crippen LogP contribution in [0.5, 0.6) is 0 Å². The molecule has 6 nitrogen and oxygen atoms in total. The SMILES string of the molecule is CC(C)NC(=O)c1ccccc1NCC(=O)N1CCN(c2ccc(F)cc2)CC1. The van der Waals surface area contributed by atoms with Crippen molar-refractivity contribution in [3.8, 4) is 0 Å². The molecule has 0 aliphatic carbocycles. The van der Waals surface area contributed by atoms with Crippen LogP contribution in [0, 0.1) is 5.82 Å². The number of carbonyl (C=O) groups is 2. The summed E-state index contributed by atoms with van der Waals surface area (Å²) in [5.41, 5.74) is 2.13. The fourth-order valence-corrected chi connectivity index (χ4v) is 3.32. The molecule has 29 heavy (non-hydrogen) atoms. The Morgan fingerprint density at radius 2 is 1.66 bits per heavy atom. The molecule has 1 saturated heterocycles. The van der Waals surface area contributed by atoms with Crippen LogP contribution in [0.3, 0.4) is 0 Å². The second kappa shape index (κ2) is 9.41. The third-order valence-electron chi connectivity index (χ3n) is 4.85. The molecule has 0 bridgehead atoms. The van der Waals surface area contributed by atoms with E-state index in [1.165, 1.54) is 12.1 Å². The summed E-state index contributed by atoms with van der Waals surface area (Å²) in [6.45, 7) is 6.55. The van der Waals surface area contributed by atoms with Crippen LogP contribution < -0.4 is 15.5 Å². The fraction of sp³-hybridized carbons (Fsp3) is 0.364. The van der Waals surface area contributed by atoms with E-state index in [0.717, 1.165) is 5.69 Å². The van der Waals surface area contributed by atoms with E-state index in [1.54, 1.807) is 30.3 Å². The molecule has 0 radical (unpaired) electrons. The summed E-state index contributed by atoms with van der Waals surface area (Å²) in [5.74, 6) is -0.428. The molecule has 7 heteroatoms. The van der Waals surface area contributed by atoms with Gasteiger partial charge in [-0.25, -0.2) is 4.39 Å². The number of hydrogen-bond donors (Lipinski definition) is 2. The first-order chi connectivity index (χ1) is 13.9. The zero-order valence-electron chi connectivity index (χ0n) is 16.8. The maximum atomic E-state index is 13.1. The molecule has 3 rings (SSSR count). The second-order valence-electron chi connectivity index (χ2n) is 7.37. The fourth-order valence-electron chi connectivity index (χ4n) is 3.32. The smallest absolute Gasteiger partial charge is 0.253 e. The van der Waals surface area contributed by atoms with Crippen molar-refractivity contribution in [1.82, 2.24) is 10.2 Å². The first-order valence-electron chi connectivity index (χ1n) is 9.86. The number of anilines is 2. The van der Waals surface area contributed by atoms with Gasteiger partial charge in [0.2, 0.25) is 5.91 Å². The van der Waals surface area contributed by atoms with Gasteiger partial charge in [0.05, 0.1) is 12.1 Å². The van der Waals surface area contributed by atoms with Gasteiger partial charge in [0.25, 0.3) is 5.91 Å². The zero-order valence-corrected chi connectivity index (χ0v) is 16.8. The van der Waals surface area contributed by atoms with Crippen molar-refractivity contribution in [2.24, 2.45) is 0 Å². The van der Waals surface area contributed by atoms with Gasteiger partial charge in [0.1, 0.15) is 5.82 Å². The number of halogens is 1. The lowest BCUT2D eigenvalue weighted by Gasteiger charge is -2.36. The third kappa shape index (κ3) is 5.47. The van der Waals surface area contributed by atoms with E-state index < -0.39 is 0 Å². The quantitative estimate of drug-likeness (QED) is 0.785.